The Bertz CT molecular complexity index is 1210. The van der Waals surface area contributed by atoms with E-state index in [0.717, 1.165) is 37.4 Å². The number of phenols is 1. The van der Waals surface area contributed by atoms with Crippen LogP contribution in [0.5, 0.6) is 5.75 Å². The molecule has 1 amide bonds. The lowest BCUT2D eigenvalue weighted by molar-refractivity contribution is -0.114. The van der Waals surface area contributed by atoms with E-state index in [9.17, 15) is 14.3 Å². The second-order valence-electron chi connectivity index (χ2n) is 9.54. The minimum atomic E-state index is -0.542. The summed E-state index contributed by atoms with van der Waals surface area (Å²) in [6, 6.07) is 18.4. The van der Waals surface area contributed by atoms with Gasteiger partial charge in [-0.1, -0.05) is 36.4 Å². The van der Waals surface area contributed by atoms with Crippen molar-refractivity contribution in [3.63, 3.8) is 0 Å². The summed E-state index contributed by atoms with van der Waals surface area (Å²) in [7, 11) is 0. The smallest absolute Gasteiger partial charge is 0.221 e. The molecule has 0 bridgehead atoms. The van der Waals surface area contributed by atoms with Crippen molar-refractivity contribution in [1.82, 2.24) is 5.32 Å². The third kappa shape index (κ3) is 4.38. The highest BCUT2D eigenvalue weighted by Gasteiger charge is 2.37. The summed E-state index contributed by atoms with van der Waals surface area (Å²) in [5.41, 5.74) is 4.48. The fraction of sp³-hybridized carbons (Fsp3) is 0.321. The van der Waals surface area contributed by atoms with Crippen LogP contribution in [0.4, 0.5) is 15.8 Å². The van der Waals surface area contributed by atoms with Gasteiger partial charge in [0, 0.05) is 43.4 Å². The van der Waals surface area contributed by atoms with Crippen LogP contribution in [-0.2, 0) is 4.79 Å². The van der Waals surface area contributed by atoms with Crippen molar-refractivity contribution in [2.45, 2.75) is 26.2 Å². The van der Waals surface area contributed by atoms with Crippen LogP contribution >= 0.6 is 0 Å². The Morgan fingerprint density at radius 2 is 1.71 bits per heavy atom. The minimum absolute atomic E-state index is 0.112. The maximum absolute atomic E-state index is 14.5. The van der Waals surface area contributed by atoms with Crippen molar-refractivity contribution in [3.05, 3.63) is 66.5 Å². The zero-order chi connectivity index (χ0) is 23.7. The fourth-order valence-electron chi connectivity index (χ4n) is 5.31. The first-order chi connectivity index (χ1) is 16.4. The number of aromatic hydroxyl groups is 1. The quantitative estimate of drug-likeness (QED) is 0.489. The molecule has 0 saturated carbocycles. The molecular formula is C28H30FN3O2. The first kappa shape index (κ1) is 22.4. The highest BCUT2D eigenvalue weighted by molar-refractivity contribution is 5.89. The topological polar surface area (TPSA) is 64.6 Å². The molecular weight excluding hydrogens is 429 g/mol. The Hall–Kier alpha value is -3.38. The van der Waals surface area contributed by atoms with E-state index in [1.807, 2.05) is 24.3 Å². The molecule has 0 unspecified atom stereocenters. The second-order valence-corrected chi connectivity index (χ2v) is 9.54. The van der Waals surface area contributed by atoms with Gasteiger partial charge >= 0.3 is 0 Å². The van der Waals surface area contributed by atoms with Crippen LogP contribution in [0.2, 0.25) is 0 Å². The standard InChI is InChI=1S/C28H30FN3O2/c1-19(33)31-26-9-8-21(17-25(26)29)24-7-3-6-23(27(24)34)20-4-2-5-22(16-20)32-14-11-28(12-15-32)10-13-30-18-28/h2-9,16-17,30,34H,10-15,18H2,1H3,(H,31,33). The van der Waals surface area contributed by atoms with E-state index in [-0.39, 0.29) is 17.3 Å². The minimum Gasteiger partial charge on any atom is -0.507 e. The summed E-state index contributed by atoms with van der Waals surface area (Å²) < 4.78 is 14.5. The molecule has 176 valence electrons. The molecule has 1 spiro atoms. The third-order valence-electron chi connectivity index (χ3n) is 7.31. The lowest BCUT2D eigenvalue weighted by Gasteiger charge is -2.40. The van der Waals surface area contributed by atoms with Gasteiger partial charge in [0.05, 0.1) is 5.69 Å². The van der Waals surface area contributed by atoms with E-state index in [1.54, 1.807) is 12.1 Å². The van der Waals surface area contributed by atoms with Crippen molar-refractivity contribution in [2.75, 3.05) is 36.4 Å². The first-order valence-corrected chi connectivity index (χ1v) is 11.9. The van der Waals surface area contributed by atoms with Gasteiger partial charge in [-0.3, -0.25) is 4.79 Å². The molecule has 5 nitrogen and oxygen atoms in total. The third-order valence-corrected chi connectivity index (χ3v) is 7.31. The molecule has 34 heavy (non-hydrogen) atoms. The van der Waals surface area contributed by atoms with Gasteiger partial charge in [0.15, 0.2) is 0 Å². The summed E-state index contributed by atoms with van der Waals surface area (Å²) in [5, 5.41) is 17.1. The van der Waals surface area contributed by atoms with Crippen LogP contribution < -0.4 is 15.5 Å². The van der Waals surface area contributed by atoms with Gasteiger partial charge in [0.25, 0.3) is 0 Å². The number of hydrogen-bond donors (Lipinski definition) is 3. The summed E-state index contributed by atoms with van der Waals surface area (Å²) in [6.07, 6.45) is 3.67. The van der Waals surface area contributed by atoms with Crippen LogP contribution in [0, 0.1) is 11.2 Å². The summed E-state index contributed by atoms with van der Waals surface area (Å²) in [6.45, 7) is 5.68. The summed E-state index contributed by atoms with van der Waals surface area (Å²) in [4.78, 5) is 13.7. The van der Waals surface area contributed by atoms with Crippen molar-refractivity contribution < 1.29 is 14.3 Å². The average Bonchev–Trinajstić information content (AvgIpc) is 3.29. The molecule has 0 aromatic heterocycles. The molecule has 6 heteroatoms. The van der Waals surface area contributed by atoms with Crippen LogP contribution in [-0.4, -0.2) is 37.2 Å². The molecule has 2 heterocycles. The van der Waals surface area contributed by atoms with Gasteiger partial charge in [0.1, 0.15) is 11.6 Å². The molecule has 3 aromatic rings. The molecule has 2 aliphatic heterocycles. The molecule has 0 radical (unpaired) electrons. The van der Waals surface area contributed by atoms with Crippen molar-refractivity contribution in [1.29, 1.82) is 0 Å². The zero-order valence-electron chi connectivity index (χ0n) is 19.4. The van der Waals surface area contributed by atoms with E-state index in [4.69, 9.17) is 0 Å². The van der Waals surface area contributed by atoms with Crippen LogP contribution in [0.15, 0.2) is 60.7 Å². The number of carbonyl (C=O) groups excluding carboxylic acids is 1. The number of phenolic OH excluding ortho intramolecular Hbond substituents is 1. The molecule has 3 aromatic carbocycles. The van der Waals surface area contributed by atoms with Gasteiger partial charge in [0.2, 0.25) is 5.91 Å². The Kier molecular flexibility index (Phi) is 6.00. The van der Waals surface area contributed by atoms with Crippen LogP contribution in [0.3, 0.4) is 0 Å². The molecule has 0 aliphatic carbocycles. The highest BCUT2D eigenvalue weighted by Crippen LogP contribution is 2.41. The molecule has 5 rings (SSSR count). The fourth-order valence-corrected chi connectivity index (χ4v) is 5.31. The number of rotatable bonds is 4. The van der Waals surface area contributed by atoms with Crippen molar-refractivity contribution >= 4 is 17.3 Å². The molecule has 0 atom stereocenters. The number of amides is 1. The van der Waals surface area contributed by atoms with Crippen molar-refractivity contribution in [2.24, 2.45) is 5.41 Å². The first-order valence-electron chi connectivity index (χ1n) is 11.9. The number of anilines is 2. The van der Waals surface area contributed by atoms with Gasteiger partial charge in [-0.2, -0.15) is 0 Å². The number of nitrogens with zero attached hydrogens (tertiary/aromatic N) is 1. The zero-order valence-corrected chi connectivity index (χ0v) is 19.4. The second kappa shape index (κ2) is 9.11. The van der Waals surface area contributed by atoms with E-state index in [2.05, 4.69) is 27.7 Å². The predicted molar refractivity (Wildman–Crippen MR) is 135 cm³/mol. The number of carbonyl (C=O) groups is 1. The predicted octanol–water partition coefficient (Wildman–Crippen LogP) is 5.40. The molecule has 2 aliphatic rings. The Morgan fingerprint density at radius 3 is 2.35 bits per heavy atom. The Labute approximate surface area is 199 Å². The number of piperidine rings is 1. The Morgan fingerprint density at radius 1 is 1.00 bits per heavy atom. The maximum atomic E-state index is 14.5. The number of nitrogens with one attached hydrogen (secondary N) is 2. The largest absolute Gasteiger partial charge is 0.507 e. The SMILES string of the molecule is CC(=O)Nc1ccc(-c2cccc(-c3cccc(N4CCC5(CCNC5)CC4)c3)c2O)cc1F. The summed E-state index contributed by atoms with van der Waals surface area (Å²) in [5.74, 6) is -0.763. The van der Waals surface area contributed by atoms with E-state index in [0.29, 0.717) is 22.1 Å². The average molecular weight is 460 g/mol. The van der Waals surface area contributed by atoms with E-state index < -0.39 is 5.82 Å². The summed E-state index contributed by atoms with van der Waals surface area (Å²) >= 11 is 0. The van der Waals surface area contributed by atoms with Gasteiger partial charge < -0.3 is 20.6 Å². The number of benzene rings is 3. The normalized spacial score (nSPS) is 17.2. The maximum Gasteiger partial charge on any atom is 0.221 e. The van der Waals surface area contributed by atoms with Crippen LogP contribution in [0.1, 0.15) is 26.2 Å². The number of halogens is 1. The number of para-hydroxylation sites is 1. The lowest BCUT2D eigenvalue weighted by atomic mass is 9.77. The highest BCUT2D eigenvalue weighted by atomic mass is 19.1. The van der Waals surface area contributed by atoms with Crippen LogP contribution in [0.25, 0.3) is 22.3 Å². The van der Waals surface area contributed by atoms with E-state index in [1.165, 1.54) is 38.3 Å². The van der Waals surface area contributed by atoms with E-state index >= 15 is 0 Å². The molecule has 2 fully saturated rings. The van der Waals surface area contributed by atoms with Gasteiger partial charge in [-0.25, -0.2) is 4.39 Å². The van der Waals surface area contributed by atoms with Crippen molar-refractivity contribution in [3.8, 4) is 28.0 Å². The monoisotopic (exact) mass is 459 g/mol. The molecule has 2 saturated heterocycles. The lowest BCUT2D eigenvalue weighted by Crippen LogP contribution is -2.41. The molecule has 3 N–H and O–H groups in total. The Balaban J connectivity index is 1.41. The number of hydrogen-bond acceptors (Lipinski definition) is 4. The van der Waals surface area contributed by atoms with Gasteiger partial charge in [-0.15, -0.1) is 0 Å². The van der Waals surface area contributed by atoms with Gasteiger partial charge in [-0.05, 0) is 66.6 Å².